The van der Waals surface area contributed by atoms with Crippen LogP contribution in [0, 0.1) is 0 Å². The van der Waals surface area contributed by atoms with Gasteiger partial charge in [0.1, 0.15) is 0 Å². The van der Waals surface area contributed by atoms with Crippen LogP contribution in [0.1, 0.15) is 5.56 Å². The second-order valence-corrected chi connectivity index (χ2v) is 8.79. The molecule has 1 aliphatic rings. The zero-order valence-corrected chi connectivity index (χ0v) is 16.6. The van der Waals surface area contributed by atoms with Gasteiger partial charge in [0, 0.05) is 4.47 Å². The average molecular weight is 448 g/mol. The van der Waals surface area contributed by atoms with Crippen LogP contribution >= 0.6 is 51.2 Å². The number of thiocarbonyl (C=S) groups is 1. The molecule has 1 aliphatic heterocycles. The number of hydrogen-bond acceptors (Lipinski definition) is 6. The van der Waals surface area contributed by atoms with Gasteiger partial charge in [-0.3, -0.25) is 10.2 Å². The number of aromatic nitrogens is 1. The third-order valence-corrected chi connectivity index (χ3v) is 6.23. The number of fused-ring (bicyclic) bond motifs is 1. The third kappa shape index (κ3) is 3.48. The van der Waals surface area contributed by atoms with E-state index in [9.17, 15) is 4.79 Å². The Labute approximate surface area is 166 Å². The van der Waals surface area contributed by atoms with E-state index in [1.165, 1.54) is 28.1 Å². The van der Waals surface area contributed by atoms with E-state index >= 15 is 0 Å². The number of amides is 1. The van der Waals surface area contributed by atoms with Crippen LogP contribution in [-0.2, 0) is 4.79 Å². The maximum Gasteiger partial charge on any atom is 0.285 e. The first kappa shape index (κ1) is 16.7. The molecule has 0 radical (unpaired) electrons. The number of rotatable bonds is 3. The van der Waals surface area contributed by atoms with Crippen LogP contribution in [0.25, 0.3) is 16.3 Å². The van der Waals surface area contributed by atoms with Crippen molar-refractivity contribution in [2.75, 3.05) is 5.43 Å². The molecule has 1 fully saturated rings. The Morgan fingerprint density at radius 1 is 1.16 bits per heavy atom. The number of thioether (sulfide) groups is 1. The summed E-state index contributed by atoms with van der Waals surface area (Å²) in [4.78, 5) is 17.7. The Balaban J connectivity index is 1.57. The van der Waals surface area contributed by atoms with Crippen molar-refractivity contribution in [1.82, 2.24) is 9.99 Å². The minimum Gasteiger partial charge on any atom is -0.266 e. The molecule has 2 aromatic carbocycles. The summed E-state index contributed by atoms with van der Waals surface area (Å²) >= 11 is 11.5. The van der Waals surface area contributed by atoms with E-state index in [1.54, 1.807) is 0 Å². The normalized spacial score (nSPS) is 16.2. The van der Waals surface area contributed by atoms with Crippen molar-refractivity contribution in [3.63, 3.8) is 0 Å². The van der Waals surface area contributed by atoms with Crippen LogP contribution < -0.4 is 5.43 Å². The average Bonchev–Trinajstić information content (AvgIpc) is 3.13. The van der Waals surface area contributed by atoms with Crippen LogP contribution in [0.2, 0.25) is 0 Å². The van der Waals surface area contributed by atoms with Crippen LogP contribution in [0.15, 0.2) is 57.9 Å². The number of carbonyl (C=O) groups excluding carboxylic acids is 1. The number of nitrogens with one attached hydrogen (secondary N) is 1. The lowest BCUT2D eigenvalue weighted by Crippen LogP contribution is -2.33. The summed E-state index contributed by atoms with van der Waals surface area (Å²) in [5, 5.41) is 2.02. The van der Waals surface area contributed by atoms with E-state index in [1.807, 2.05) is 54.6 Å². The van der Waals surface area contributed by atoms with Crippen molar-refractivity contribution >= 4 is 82.9 Å². The van der Waals surface area contributed by atoms with Crippen LogP contribution in [-0.4, -0.2) is 20.2 Å². The van der Waals surface area contributed by atoms with Crippen molar-refractivity contribution in [2.24, 2.45) is 0 Å². The molecule has 0 bridgehead atoms. The second kappa shape index (κ2) is 6.87. The molecule has 4 rings (SSSR count). The number of carbonyl (C=O) groups is 1. The summed E-state index contributed by atoms with van der Waals surface area (Å²) < 4.78 is 2.52. The number of para-hydroxylation sites is 1. The predicted molar refractivity (Wildman–Crippen MR) is 112 cm³/mol. The highest BCUT2D eigenvalue weighted by molar-refractivity contribution is 9.10. The Morgan fingerprint density at radius 2 is 1.92 bits per heavy atom. The Kier molecular flexibility index (Phi) is 4.60. The van der Waals surface area contributed by atoms with Gasteiger partial charge >= 0.3 is 0 Å². The number of hydrogen-bond donors (Lipinski definition) is 1. The molecule has 124 valence electrons. The molecule has 0 aliphatic carbocycles. The lowest BCUT2D eigenvalue weighted by atomic mass is 10.2. The third-order valence-electron chi connectivity index (χ3n) is 3.46. The first-order valence-corrected chi connectivity index (χ1v) is 10.1. The molecule has 1 amide bonds. The number of halogens is 1. The Bertz CT molecular complexity index is 980. The quantitative estimate of drug-likeness (QED) is 0.436. The van der Waals surface area contributed by atoms with E-state index < -0.39 is 0 Å². The highest BCUT2D eigenvalue weighted by Crippen LogP contribution is 2.34. The van der Waals surface area contributed by atoms with Gasteiger partial charge in [-0.2, -0.15) is 5.01 Å². The largest absolute Gasteiger partial charge is 0.285 e. The lowest BCUT2D eigenvalue weighted by molar-refractivity contribution is -0.121. The second-order valence-electron chi connectivity index (χ2n) is 5.17. The number of thiazole rings is 1. The molecular weight excluding hydrogens is 438 g/mol. The molecule has 0 atom stereocenters. The molecule has 4 nitrogen and oxygen atoms in total. The SMILES string of the molecule is O=C1C(=Cc2ccc(Br)cc2)SC(=S)N1Nc1nc2ccccc2s1. The lowest BCUT2D eigenvalue weighted by Gasteiger charge is -2.14. The van der Waals surface area contributed by atoms with Crippen molar-refractivity contribution in [3.05, 3.63) is 63.5 Å². The highest BCUT2D eigenvalue weighted by Gasteiger charge is 2.33. The van der Waals surface area contributed by atoms with E-state index in [2.05, 4.69) is 26.3 Å². The number of nitrogens with zero attached hydrogens (tertiary/aromatic N) is 2. The van der Waals surface area contributed by atoms with E-state index in [0.717, 1.165) is 20.3 Å². The van der Waals surface area contributed by atoms with Crippen molar-refractivity contribution in [2.45, 2.75) is 0 Å². The van der Waals surface area contributed by atoms with Gasteiger partial charge in [-0.1, -0.05) is 63.3 Å². The highest BCUT2D eigenvalue weighted by atomic mass is 79.9. The van der Waals surface area contributed by atoms with Gasteiger partial charge in [-0.05, 0) is 48.1 Å². The minimum atomic E-state index is -0.169. The fourth-order valence-electron chi connectivity index (χ4n) is 2.29. The standard InChI is InChI=1S/C17H10BrN3OS3/c18-11-7-5-10(6-8-11)9-14-15(22)21(17(23)25-14)20-16-19-12-3-1-2-4-13(12)24-16/h1-9H,(H,19,20). The monoisotopic (exact) mass is 447 g/mol. The van der Waals surface area contributed by atoms with Gasteiger partial charge < -0.3 is 0 Å². The summed E-state index contributed by atoms with van der Waals surface area (Å²) in [5.74, 6) is -0.169. The van der Waals surface area contributed by atoms with Crippen molar-refractivity contribution < 1.29 is 4.79 Å². The number of hydrazine groups is 1. The zero-order chi connectivity index (χ0) is 17.4. The molecule has 1 aromatic heterocycles. The van der Waals surface area contributed by atoms with Crippen LogP contribution in [0.4, 0.5) is 5.13 Å². The fraction of sp³-hybridized carbons (Fsp3) is 0. The fourth-order valence-corrected chi connectivity index (χ4v) is 4.59. The summed E-state index contributed by atoms with van der Waals surface area (Å²) in [6.07, 6.45) is 1.84. The van der Waals surface area contributed by atoms with E-state index in [0.29, 0.717) is 14.4 Å². The molecule has 0 unspecified atom stereocenters. The Hall–Kier alpha value is -1.74. The summed E-state index contributed by atoms with van der Waals surface area (Å²) in [6, 6.07) is 15.6. The molecule has 25 heavy (non-hydrogen) atoms. The van der Waals surface area contributed by atoms with Crippen LogP contribution in [0.5, 0.6) is 0 Å². The van der Waals surface area contributed by atoms with Gasteiger partial charge in [-0.15, -0.1) is 0 Å². The molecule has 1 saturated heterocycles. The smallest absolute Gasteiger partial charge is 0.266 e. The van der Waals surface area contributed by atoms with E-state index in [4.69, 9.17) is 12.2 Å². The first-order valence-electron chi connectivity index (χ1n) is 7.26. The predicted octanol–water partition coefficient (Wildman–Crippen LogP) is 5.29. The number of benzene rings is 2. The summed E-state index contributed by atoms with van der Waals surface area (Å²) in [6.45, 7) is 0. The van der Waals surface area contributed by atoms with Crippen LogP contribution in [0.3, 0.4) is 0 Å². The van der Waals surface area contributed by atoms with Crippen molar-refractivity contribution in [1.29, 1.82) is 0 Å². The molecule has 0 spiro atoms. The zero-order valence-electron chi connectivity index (χ0n) is 12.6. The molecular formula is C17H10BrN3OS3. The minimum absolute atomic E-state index is 0.169. The number of anilines is 1. The maximum atomic E-state index is 12.7. The van der Waals surface area contributed by atoms with Gasteiger partial charge in [-0.25, -0.2) is 4.98 Å². The maximum absolute atomic E-state index is 12.7. The Morgan fingerprint density at radius 3 is 2.68 bits per heavy atom. The van der Waals surface area contributed by atoms with E-state index in [-0.39, 0.29) is 5.91 Å². The van der Waals surface area contributed by atoms with Gasteiger partial charge in [0.05, 0.1) is 15.1 Å². The molecule has 8 heteroatoms. The van der Waals surface area contributed by atoms with Gasteiger partial charge in [0.15, 0.2) is 4.32 Å². The summed E-state index contributed by atoms with van der Waals surface area (Å²) in [5.41, 5.74) is 4.88. The summed E-state index contributed by atoms with van der Waals surface area (Å²) in [7, 11) is 0. The molecule has 3 aromatic rings. The molecule has 1 N–H and O–H groups in total. The van der Waals surface area contributed by atoms with Gasteiger partial charge in [0.2, 0.25) is 5.13 Å². The first-order chi connectivity index (χ1) is 12.1. The van der Waals surface area contributed by atoms with Crippen molar-refractivity contribution in [3.8, 4) is 0 Å². The van der Waals surface area contributed by atoms with Gasteiger partial charge in [0.25, 0.3) is 5.91 Å². The topological polar surface area (TPSA) is 45.2 Å². The molecule has 0 saturated carbocycles. The molecule has 2 heterocycles.